The summed E-state index contributed by atoms with van der Waals surface area (Å²) in [6.07, 6.45) is 3.65. The van der Waals surface area contributed by atoms with E-state index in [9.17, 15) is 14.0 Å². The zero-order valence-corrected chi connectivity index (χ0v) is 18.0. The van der Waals surface area contributed by atoms with Gasteiger partial charge in [0, 0.05) is 41.7 Å². The fraction of sp³-hybridized carbons (Fsp3) is 0.292. The molecule has 0 saturated heterocycles. The van der Waals surface area contributed by atoms with E-state index in [1.807, 2.05) is 17.5 Å². The van der Waals surface area contributed by atoms with Crippen LogP contribution in [0, 0.1) is 11.7 Å². The number of carbonyl (C=O) groups is 2. The number of fused-ring (bicyclic) bond motifs is 1. The number of aryl methyl sites for hydroxylation is 1. The second-order valence-corrected chi connectivity index (χ2v) is 8.94. The normalized spacial score (nSPS) is 15.5. The maximum atomic E-state index is 13.6. The van der Waals surface area contributed by atoms with Gasteiger partial charge in [0.2, 0.25) is 5.91 Å². The van der Waals surface area contributed by atoms with Crippen LogP contribution in [0.1, 0.15) is 35.2 Å². The predicted octanol–water partition coefficient (Wildman–Crippen LogP) is 4.92. The SMILES string of the molecule is CN(C(=O)C1CC1)c1nc(-c2ccc3c(c2)CCCN3C(=O)c2cccc(F)c2)cs1. The van der Waals surface area contributed by atoms with Gasteiger partial charge in [0.1, 0.15) is 5.82 Å². The molecule has 31 heavy (non-hydrogen) atoms. The average molecular weight is 436 g/mol. The maximum absolute atomic E-state index is 13.6. The molecule has 1 saturated carbocycles. The summed E-state index contributed by atoms with van der Waals surface area (Å²) in [5, 5.41) is 2.67. The first-order chi connectivity index (χ1) is 15.0. The van der Waals surface area contributed by atoms with Crippen molar-refractivity contribution in [1.29, 1.82) is 0 Å². The van der Waals surface area contributed by atoms with Gasteiger partial charge in [0.15, 0.2) is 5.13 Å². The van der Waals surface area contributed by atoms with Crippen molar-refractivity contribution in [1.82, 2.24) is 4.98 Å². The standard InChI is InChI=1S/C24H22FN3O2S/c1-27(22(29)15-7-8-15)24-26-20(14-31-24)16-9-10-21-17(12-16)5-3-11-28(21)23(30)18-4-2-6-19(25)13-18/h2,4,6,9-10,12-15H,3,5,7-8,11H2,1H3. The maximum Gasteiger partial charge on any atom is 0.258 e. The Bertz CT molecular complexity index is 1170. The highest BCUT2D eigenvalue weighted by Gasteiger charge is 2.33. The molecule has 1 fully saturated rings. The Labute approximate surface area is 184 Å². The highest BCUT2D eigenvalue weighted by Crippen LogP contribution is 2.36. The molecule has 5 nitrogen and oxygen atoms in total. The molecule has 0 spiro atoms. The number of aromatic nitrogens is 1. The smallest absolute Gasteiger partial charge is 0.258 e. The summed E-state index contributed by atoms with van der Waals surface area (Å²) in [6, 6.07) is 11.8. The van der Waals surface area contributed by atoms with Crippen LogP contribution in [0.5, 0.6) is 0 Å². The molecule has 3 aromatic rings. The molecular formula is C24H22FN3O2S. The monoisotopic (exact) mass is 435 g/mol. The largest absolute Gasteiger partial charge is 0.308 e. The highest BCUT2D eigenvalue weighted by molar-refractivity contribution is 7.14. The lowest BCUT2D eigenvalue weighted by Crippen LogP contribution is -2.35. The van der Waals surface area contributed by atoms with Gasteiger partial charge < -0.3 is 4.90 Å². The Kier molecular flexibility index (Phi) is 5.06. The molecule has 0 unspecified atom stereocenters. The fourth-order valence-corrected chi connectivity index (χ4v) is 4.80. The van der Waals surface area contributed by atoms with Crippen LogP contribution >= 0.6 is 11.3 Å². The number of hydrogen-bond donors (Lipinski definition) is 0. The van der Waals surface area contributed by atoms with Gasteiger partial charge in [-0.3, -0.25) is 14.5 Å². The number of thiazole rings is 1. The van der Waals surface area contributed by atoms with Crippen molar-refractivity contribution in [3.8, 4) is 11.3 Å². The third-order valence-electron chi connectivity index (χ3n) is 5.85. The summed E-state index contributed by atoms with van der Waals surface area (Å²) in [6.45, 7) is 0.608. The minimum Gasteiger partial charge on any atom is -0.308 e. The summed E-state index contributed by atoms with van der Waals surface area (Å²) in [4.78, 5) is 33.4. The van der Waals surface area contributed by atoms with Crippen molar-refractivity contribution in [2.24, 2.45) is 5.92 Å². The van der Waals surface area contributed by atoms with Crippen molar-refractivity contribution in [2.45, 2.75) is 25.7 Å². The summed E-state index contributed by atoms with van der Waals surface area (Å²) in [5.41, 5.74) is 4.08. The van der Waals surface area contributed by atoms with E-state index in [0.29, 0.717) is 17.2 Å². The number of amides is 2. The van der Waals surface area contributed by atoms with Crippen LogP contribution in [-0.4, -0.2) is 30.4 Å². The number of anilines is 2. The number of carbonyl (C=O) groups excluding carboxylic acids is 2. The van der Waals surface area contributed by atoms with E-state index in [2.05, 4.69) is 11.1 Å². The molecule has 2 aromatic carbocycles. The molecule has 0 radical (unpaired) electrons. The van der Waals surface area contributed by atoms with Crippen LogP contribution in [0.15, 0.2) is 47.8 Å². The van der Waals surface area contributed by atoms with Gasteiger partial charge >= 0.3 is 0 Å². The summed E-state index contributed by atoms with van der Waals surface area (Å²) >= 11 is 1.46. The summed E-state index contributed by atoms with van der Waals surface area (Å²) < 4.78 is 13.6. The number of nitrogens with zero attached hydrogens (tertiary/aromatic N) is 3. The van der Waals surface area contributed by atoms with Gasteiger partial charge in [0.25, 0.3) is 5.91 Å². The first-order valence-electron chi connectivity index (χ1n) is 10.4. The molecule has 0 atom stereocenters. The molecule has 2 heterocycles. The van der Waals surface area contributed by atoms with Crippen molar-refractivity contribution in [2.75, 3.05) is 23.4 Å². The van der Waals surface area contributed by atoms with Crippen molar-refractivity contribution in [3.05, 3.63) is 64.8 Å². The van der Waals surface area contributed by atoms with Gasteiger partial charge in [-0.2, -0.15) is 0 Å². The fourth-order valence-electron chi connectivity index (χ4n) is 3.99. The van der Waals surface area contributed by atoms with Crippen LogP contribution in [0.4, 0.5) is 15.2 Å². The molecule has 2 amide bonds. The Hall–Kier alpha value is -3.06. The van der Waals surface area contributed by atoms with Gasteiger partial charge in [-0.1, -0.05) is 12.1 Å². The van der Waals surface area contributed by atoms with Crippen LogP contribution in [0.3, 0.4) is 0 Å². The number of benzene rings is 2. The Balaban J connectivity index is 1.40. The zero-order chi connectivity index (χ0) is 21.5. The molecule has 1 aliphatic carbocycles. The quantitative estimate of drug-likeness (QED) is 0.585. The van der Waals surface area contributed by atoms with Crippen LogP contribution in [0.25, 0.3) is 11.3 Å². The zero-order valence-electron chi connectivity index (χ0n) is 17.2. The second-order valence-electron chi connectivity index (χ2n) is 8.10. The first-order valence-corrected chi connectivity index (χ1v) is 11.3. The minimum absolute atomic E-state index is 0.137. The molecule has 158 valence electrons. The molecule has 0 N–H and O–H groups in total. The van der Waals surface area contributed by atoms with E-state index in [1.165, 1.54) is 23.5 Å². The molecular weight excluding hydrogens is 413 g/mol. The number of rotatable bonds is 4. The van der Waals surface area contributed by atoms with Crippen LogP contribution in [0.2, 0.25) is 0 Å². The van der Waals surface area contributed by atoms with E-state index in [4.69, 9.17) is 0 Å². The van der Waals surface area contributed by atoms with E-state index in [0.717, 1.165) is 48.2 Å². The van der Waals surface area contributed by atoms with Crippen molar-refractivity contribution in [3.63, 3.8) is 0 Å². The summed E-state index contributed by atoms with van der Waals surface area (Å²) in [5.74, 6) is -0.312. The van der Waals surface area contributed by atoms with Crippen LogP contribution < -0.4 is 9.80 Å². The number of halogens is 1. The molecule has 1 aromatic heterocycles. The Morgan fingerprint density at radius 1 is 1.19 bits per heavy atom. The average Bonchev–Trinajstić information content (AvgIpc) is 3.53. The minimum atomic E-state index is -0.414. The molecule has 1 aliphatic heterocycles. The van der Waals surface area contributed by atoms with E-state index >= 15 is 0 Å². The van der Waals surface area contributed by atoms with Crippen LogP contribution in [-0.2, 0) is 11.2 Å². The van der Waals surface area contributed by atoms with E-state index in [-0.39, 0.29) is 17.7 Å². The Morgan fingerprint density at radius 2 is 2.03 bits per heavy atom. The van der Waals surface area contributed by atoms with Crippen molar-refractivity contribution < 1.29 is 14.0 Å². The third kappa shape index (κ3) is 3.85. The van der Waals surface area contributed by atoms with E-state index in [1.54, 1.807) is 29.0 Å². The molecule has 0 bridgehead atoms. The van der Waals surface area contributed by atoms with Gasteiger partial charge in [0.05, 0.1) is 5.69 Å². The topological polar surface area (TPSA) is 53.5 Å². The van der Waals surface area contributed by atoms with Gasteiger partial charge in [-0.25, -0.2) is 9.37 Å². The van der Waals surface area contributed by atoms with E-state index < -0.39 is 5.82 Å². The molecule has 2 aliphatic rings. The molecule has 7 heteroatoms. The Morgan fingerprint density at radius 3 is 2.81 bits per heavy atom. The second kappa shape index (κ2) is 7.89. The number of hydrogen-bond acceptors (Lipinski definition) is 4. The lowest BCUT2D eigenvalue weighted by Gasteiger charge is -2.30. The molecule has 5 rings (SSSR count). The van der Waals surface area contributed by atoms with Crippen molar-refractivity contribution >= 4 is 34.0 Å². The first kappa shape index (κ1) is 19.9. The lowest BCUT2D eigenvalue weighted by atomic mass is 9.97. The summed E-state index contributed by atoms with van der Waals surface area (Å²) in [7, 11) is 1.78. The predicted molar refractivity (Wildman–Crippen MR) is 120 cm³/mol. The highest BCUT2D eigenvalue weighted by atomic mass is 32.1. The third-order valence-corrected chi connectivity index (χ3v) is 6.76. The lowest BCUT2D eigenvalue weighted by molar-refractivity contribution is -0.119. The van der Waals surface area contributed by atoms with Gasteiger partial charge in [-0.05, 0) is 61.6 Å². The van der Waals surface area contributed by atoms with Gasteiger partial charge in [-0.15, -0.1) is 11.3 Å².